The Balaban J connectivity index is 2.63. The van der Waals surface area contributed by atoms with Gasteiger partial charge >= 0.3 is 12.1 Å². The van der Waals surface area contributed by atoms with Crippen molar-refractivity contribution in [3.8, 4) is 5.75 Å². The van der Waals surface area contributed by atoms with Crippen molar-refractivity contribution >= 4 is 17.6 Å². The number of carboxylic acid groups (broad SMARTS) is 1. The van der Waals surface area contributed by atoms with Crippen LogP contribution in [0.25, 0.3) is 0 Å². The number of alkyl halides is 3. The largest absolute Gasteiger partial charge is 0.506 e. The number of aliphatic carboxylic acids is 1. The third-order valence-electron chi connectivity index (χ3n) is 3.52. The SMILES string of the molecule is O=C(O)C1(c2cc(C(F)(F)F)cc(Cl)c2O)CCC1. The lowest BCUT2D eigenvalue weighted by atomic mass is 9.64. The Hall–Kier alpha value is -1.43. The smallest absolute Gasteiger partial charge is 0.416 e. The van der Waals surface area contributed by atoms with E-state index < -0.39 is 33.9 Å². The molecule has 19 heavy (non-hydrogen) atoms. The molecular formula is C12H10ClF3O3. The van der Waals surface area contributed by atoms with E-state index in [1.165, 1.54) is 0 Å². The van der Waals surface area contributed by atoms with Gasteiger partial charge in [0.25, 0.3) is 0 Å². The summed E-state index contributed by atoms with van der Waals surface area (Å²) < 4.78 is 38.1. The maximum atomic E-state index is 12.7. The molecule has 0 amide bonds. The van der Waals surface area contributed by atoms with Gasteiger partial charge in [0.15, 0.2) is 0 Å². The summed E-state index contributed by atoms with van der Waals surface area (Å²) in [5.41, 5.74) is -2.78. The quantitative estimate of drug-likeness (QED) is 0.876. The molecule has 1 saturated carbocycles. The van der Waals surface area contributed by atoms with Crippen LogP contribution in [0.5, 0.6) is 5.75 Å². The fourth-order valence-corrected chi connectivity index (χ4v) is 2.48. The predicted octanol–water partition coefficient (Wildman–Crippen LogP) is 3.57. The lowest BCUT2D eigenvalue weighted by Crippen LogP contribution is -2.42. The first-order chi connectivity index (χ1) is 8.68. The van der Waals surface area contributed by atoms with Crippen LogP contribution < -0.4 is 0 Å². The minimum Gasteiger partial charge on any atom is -0.506 e. The van der Waals surface area contributed by atoms with Gasteiger partial charge in [0.05, 0.1) is 16.0 Å². The third kappa shape index (κ3) is 2.14. The van der Waals surface area contributed by atoms with Gasteiger partial charge in [0.2, 0.25) is 0 Å². The zero-order chi connectivity index (χ0) is 14.4. The van der Waals surface area contributed by atoms with Crippen LogP contribution in [0.1, 0.15) is 30.4 Å². The molecule has 0 spiro atoms. The molecule has 2 N–H and O–H groups in total. The van der Waals surface area contributed by atoms with Crippen molar-refractivity contribution < 1.29 is 28.2 Å². The number of hydrogen-bond acceptors (Lipinski definition) is 2. The Labute approximate surface area is 111 Å². The fraction of sp³-hybridized carbons (Fsp3) is 0.417. The molecule has 2 rings (SSSR count). The van der Waals surface area contributed by atoms with E-state index >= 15 is 0 Å². The predicted molar refractivity (Wildman–Crippen MR) is 61.3 cm³/mol. The molecule has 7 heteroatoms. The molecule has 0 bridgehead atoms. The second-order valence-electron chi connectivity index (χ2n) is 4.59. The molecular weight excluding hydrogens is 285 g/mol. The molecule has 104 valence electrons. The second kappa shape index (κ2) is 4.30. The van der Waals surface area contributed by atoms with E-state index in [-0.39, 0.29) is 18.4 Å². The summed E-state index contributed by atoms with van der Waals surface area (Å²) >= 11 is 5.57. The summed E-state index contributed by atoms with van der Waals surface area (Å²) in [5, 5.41) is 18.5. The maximum Gasteiger partial charge on any atom is 0.416 e. The first-order valence-corrected chi connectivity index (χ1v) is 5.90. The Morgan fingerprint density at radius 2 is 1.89 bits per heavy atom. The zero-order valence-electron chi connectivity index (χ0n) is 9.59. The zero-order valence-corrected chi connectivity index (χ0v) is 10.3. The number of benzene rings is 1. The molecule has 1 aliphatic carbocycles. The van der Waals surface area contributed by atoms with E-state index in [9.17, 15) is 28.2 Å². The Morgan fingerprint density at radius 1 is 1.32 bits per heavy atom. The number of carbonyl (C=O) groups is 1. The number of hydrogen-bond donors (Lipinski definition) is 2. The topological polar surface area (TPSA) is 57.5 Å². The highest BCUT2D eigenvalue weighted by Gasteiger charge is 2.49. The van der Waals surface area contributed by atoms with Gasteiger partial charge in [-0.05, 0) is 25.0 Å². The van der Waals surface area contributed by atoms with Gasteiger partial charge in [-0.2, -0.15) is 13.2 Å². The minimum absolute atomic E-state index is 0.188. The fourth-order valence-electron chi connectivity index (χ4n) is 2.26. The lowest BCUT2D eigenvalue weighted by molar-refractivity contribution is -0.148. The van der Waals surface area contributed by atoms with E-state index in [1.807, 2.05) is 0 Å². The Bertz CT molecular complexity index is 536. The molecule has 0 saturated heterocycles. The van der Waals surface area contributed by atoms with Crippen LogP contribution in [0.15, 0.2) is 12.1 Å². The van der Waals surface area contributed by atoms with Crippen molar-refractivity contribution in [3.63, 3.8) is 0 Å². The van der Waals surface area contributed by atoms with Crippen molar-refractivity contribution in [2.24, 2.45) is 0 Å². The van der Waals surface area contributed by atoms with Gasteiger partial charge in [-0.1, -0.05) is 18.0 Å². The Kier molecular flexibility index (Phi) is 3.16. The van der Waals surface area contributed by atoms with Crippen molar-refractivity contribution in [2.45, 2.75) is 30.9 Å². The van der Waals surface area contributed by atoms with Gasteiger partial charge < -0.3 is 10.2 Å². The maximum absolute atomic E-state index is 12.7. The molecule has 3 nitrogen and oxygen atoms in total. The lowest BCUT2D eigenvalue weighted by Gasteiger charge is -2.38. The van der Waals surface area contributed by atoms with Crippen LogP contribution in [0.3, 0.4) is 0 Å². The average molecular weight is 295 g/mol. The summed E-state index contributed by atoms with van der Waals surface area (Å²) in [6, 6.07) is 1.27. The van der Waals surface area contributed by atoms with Crippen LogP contribution >= 0.6 is 11.6 Å². The number of aromatic hydroxyl groups is 1. The first kappa shape index (κ1) is 14.0. The summed E-state index contributed by atoms with van der Waals surface area (Å²) in [5.74, 6) is -1.83. The normalized spacial score (nSPS) is 17.9. The van der Waals surface area contributed by atoms with E-state index in [2.05, 4.69) is 0 Å². The van der Waals surface area contributed by atoms with Crippen LogP contribution in [0.4, 0.5) is 13.2 Å². The Morgan fingerprint density at radius 3 is 2.26 bits per heavy atom. The van der Waals surface area contributed by atoms with Crippen LogP contribution in [-0.2, 0) is 16.4 Å². The van der Waals surface area contributed by atoms with Crippen molar-refractivity contribution in [1.82, 2.24) is 0 Å². The van der Waals surface area contributed by atoms with Gasteiger partial charge in [-0.25, -0.2) is 0 Å². The molecule has 0 heterocycles. The third-order valence-corrected chi connectivity index (χ3v) is 3.81. The first-order valence-electron chi connectivity index (χ1n) is 5.52. The highest BCUT2D eigenvalue weighted by atomic mass is 35.5. The molecule has 1 aliphatic rings. The van der Waals surface area contributed by atoms with E-state index in [1.54, 1.807) is 0 Å². The summed E-state index contributed by atoms with van der Waals surface area (Å²) in [4.78, 5) is 11.3. The minimum atomic E-state index is -4.64. The standard InChI is InChI=1S/C12H10ClF3O3/c13-8-5-6(12(14,15)16)4-7(9(8)17)11(10(18)19)2-1-3-11/h4-5,17H,1-3H2,(H,18,19). The monoisotopic (exact) mass is 294 g/mol. The highest BCUT2D eigenvalue weighted by molar-refractivity contribution is 6.32. The van der Waals surface area contributed by atoms with E-state index in [4.69, 9.17) is 11.6 Å². The highest BCUT2D eigenvalue weighted by Crippen LogP contribution is 2.50. The van der Waals surface area contributed by atoms with E-state index in [0.29, 0.717) is 18.6 Å². The molecule has 0 aromatic heterocycles. The van der Waals surface area contributed by atoms with Gasteiger partial charge in [0.1, 0.15) is 5.75 Å². The van der Waals surface area contributed by atoms with Gasteiger partial charge in [0, 0.05) is 5.56 Å². The molecule has 1 fully saturated rings. The molecule has 1 aromatic rings. The van der Waals surface area contributed by atoms with Gasteiger partial charge in [-0.3, -0.25) is 4.79 Å². The van der Waals surface area contributed by atoms with E-state index in [0.717, 1.165) is 0 Å². The van der Waals surface area contributed by atoms with Crippen molar-refractivity contribution in [2.75, 3.05) is 0 Å². The number of rotatable bonds is 2. The van der Waals surface area contributed by atoms with Gasteiger partial charge in [-0.15, -0.1) is 0 Å². The van der Waals surface area contributed by atoms with Crippen LogP contribution in [0.2, 0.25) is 5.02 Å². The molecule has 0 radical (unpaired) electrons. The number of carboxylic acids is 1. The summed E-state index contributed by atoms with van der Waals surface area (Å²) in [6.07, 6.45) is -3.68. The number of halogens is 4. The van der Waals surface area contributed by atoms with Crippen molar-refractivity contribution in [1.29, 1.82) is 0 Å². The number of phenols is 1. The molecule has 1 aromatic carbocycles. The van der Waals surface area contributed by atoms with Crippen LogP contribution in [0, 0.1) is 0 Å². The summed E-state index contributed by atoms with van der Waals surface area (Å²) in [7, 11) is 0. The summed E-state index contributed by atoms with van der Waals surface area (Å²) in [6.45, 7) is 0. The second-order valence-corrected chi connectivity index (χ2v) is 5.00. The average Bonchev–Trinajstić information content (AvgIpc) is 2.20. The van der Waals surface area contributed by atoms with Crippen LogP contribution in [-0.4, -0.2) is 16.2 Å². The number of phenolic OH excluding ortho intramolecular Hbond substituents is 1. The molecule has 0 unspecified atom stereocenters. The van der Waals surface area contributed by atoms with Crippen molar-refractivity contribution in [3.05, 3.63) is 28.3 Å². The molecule has 0 atom stereocenters. The molecule has 0 aliphatic heterocycles.